The molecule has 0 saturated carbocycles. The molecule has 6 heteroatoms. The quantitative estimate of drug-likeness (QED) is 0.904. The van der Waals surface area contributed by atoms with Crippen LogP contribution in [0.4, 0.5) is 0 Å². The Morgan fingerprint density at radius 2 is 2.33 bits per heavy atom. The zero-order valence-electron chi connectivity index (χ0n) is 7.88. The number of hydrogen-bond donors (Lipinski definition) is 1. The second-order valence-electron chi connectivity index (χ2n) is 3.18. The predicted molar refractivity (Wildman–Crippen MR) is 57.6 cm³/mol. The molecule has 1 unspecified atom stereocenters. The Morgan fingerprint density at radius 3 is 3.00 bits per heavy atom. The molecule has 78 valence electrons. The summed E-state index contributed by atoms with van der Waals surface area (Å²) in [5, 5.41) is 16.6. The van der Waals surface area contributed by atoms with Gasteiger partial charge in [0.1, 0.15) is 11.6 Å². The molecule has 0 saturated heterocycles. The summed E-state index contributed by atoms with van der Waals surface area (Å²) in [5.41, 5.74) is 1.39. The minimum atomic E-state index is -0.929. The molecular weight excluding hydrogens is 262 g/mol. The van der Waals surface area contributed by atoms with Crippen LogP contribution in [0.5, 0.6) is 0 Å². The molecule has 0 spiro atoms. The highest BCUT2D eigenvalue weighted by atomic mass is 79.9. The molecule has 1 heterocycles. The zero-order chi connectivity index (χ0) is 11.0. The van der Waals surface area contributed by atoms with Crippen molar-refractivity contribution in [1.82, 2.24) is 15.0 Å². The lowest BCUT2D eigenvalue weighted by Gasteiger charge is -2.06. The van der Waals surface area contributed by atoms with Gasteiger partial charge < -0.3 is 5.11 Å². The molecule has 0 fully saturated rings. The Hall–Kier alpha value is -1.43. The highest BCUT2D eigenvalue weighted by Gasteiger charge is 2.17. The van der Waals surface area contributed by atoms with Crippen LogP contribution >= 0.6 is 15.9 Å². The van der Waals surface area contributed by atoms with Crippen LogP contribution in [-0.2, 0) is 4.79 Å². The highest BCUT2D eigenvalue weighted by Crippen LogP contribution is 2.20. The van der Waals surface area contributed by atoms with Crippen LogP contribution in [0.15, 0.2) is 22.7 Å². The molecule has 0 aliphatic carbocycles. The molecule has 2 aromatic rings. The number of carboxylic acids is 1. The van der Waals surface area contributed by atoms with Crippen LogP contribution in [0.3, 0.4) is 0 Å². The zero-order valence-corrected chi connectivity index (χ0v) is 9.47. The molecule has 0 radical (unpaired) electrons. The minimum Gasteiger partial charge on any atom is -0.480 e. The molecule has 0 amide bonds. The first-order chi connectivity index (χ1) is 7.09. The third kappa shape index (κ3) is 1.72. The van der Waals surface area contributed by atoms with Crippen LogP contribution < -0.4 is 0 Å². The van der Waals surface area contributed by atoms with E-state index in [9.17, 15) is 4.79 Å². The van der Waals surface area contributed by atoms with E-state index < -0.39 is 12.0 Å². The van der Waals surface area contributed by atoms with Crippen molar-refractivity contribution in [2.24, 2.45) is 0 Å². The number of fused-ring (bicyclic) bond motifs is 1. The van der Waals surface area contributed by atoms with E-state index in [1.807, 2.05) is 6.07 Å². The molecule has 2 rings (SSSR count). The standard InChI is InChI=1S/C9H8BrN3O2/c1-5(9(14)15)13-8-4-6(10)2-3-7(8)11-12-13/h2-5H,1H3,(H,14,15). The minimum absolute atomic E-state index is 0.686. The first-order valence-corrected chi connectivity index (χ1v) is 5.12. The maximum Gasteiger partial charge on any atom is 0.328 e. The fourth-order valence-electron chi connectivity index (χ4n) is 1.30. The van der Waals surface area contributed by atoms with E-state index in [0.29, 0.717) is 11.0 Å². The lowest BCUT2D eigenvalue weighted by molar-refractivity contribution is -0.140. The fourth-order valence-corrected chi connectivity index (χ4v) is 1.65. The van der Waals surface area contributed by atoms with E-state index in [4.69, 9.17) is 5.11 Å². The van der Waals surface area contributed by atoms with E-state index in [-0.39, 0.29) is 0 Å². The van der Waals surface area contributed by atoms with Gasteiger partial charge in [-0.2, -0.15) is 0 Å². The lowest BCUT2D eigenvalue weighted by atomic mass is 10.3. The Labute approximate surface area is 93.8 Å². The molecule has 15 heavy (non-hydrogen) atoms. The average molecular weight is 270 g/mol. The summed E-state index contributed by atoms with van der Waals surface area (Å²) in [6.45, 7) is 1.57. The molecule has 0 aliphatic rings. The molecule has 0 bridgehead atoms. The van der Waals surface area contributed by atoms with Gasteiger partial charge in [-0.15, -0.1) is 5.10 Å². The van der Waals surface area contributed by atoms with Gasteiger partial charge in [-0.1, -0.05) is 21.1 Å². The van der Waals surface area contributed by atoms with Crippen molar-refractivity contribution in [2.45, 2.75) is 13.0 Å². The molecule has 1 aromatic carbocycles. The maximum absolute atomic E-state index is 10.8. The Bertz CT molecular complexity index is 523. The third-order valence-corrected chi connectivity index (χ3v) is 2.65. The monoisotopic (exact) mass is 269 g/mol. The summed E-state index contributed by atoms with van der Waals surface area (Å²) >= 11 is 3.32. The van der Waals surface area contributed by atoms with Gasteiger partial charge in [0.15, 0.2) is 0 Å². The Balaban J connectivity index is 2.61. The van der Waals surface area contributed by atoms with Gasteiger partial charge in [-0.25, -0.2) is 9.48 Å². The molecule has 1 N–H and O–H groups in total. The first-order valence-electron chi connectivity index (χ1n) is 4.33. The normalized spacial score (nSPS) is 12.9. The van der Waals surface area contributed by atoms with Crippen LogP contribution in [0.1, 0.15) is 13.0 Å². The number of rotatable bonds is 2. The van der Waals surface area contributed by atoms with Crippen LogP contribution in [0, 0.1) is 0 Å². The third-order valence-electron chi connectivity index (χ3n) is 2.16. The van der Waals surface area contributed by atoms with E-state index in [1.165, 1.54) is 4.68 Å². The molecule has 1 aromatic heterocycles. The van der Waals surface area contributed by atoms with Gasteiger partial charge in [0.2, 0.25) is 0 Å². The molecule has 5 nitrogen and oxygen atoms in total. The van der Waals surface area contributed by atoms with Crippen molar-refractivity contribution in [1.29, 1.82) is 0 Å². The van der Waals surface area contributed by atoms with Crippen molar-refractivity contribution >= 4 is 32.9 Å². The second-order valence-corrected chi connectivity index (χ2v) is 4.10. The molecular formula is C9H8BrN3O2. The van der Waals surface area contributed by atoms with E-state index in [2.05, 4.69) is 26.2 Å². The largest absolute Gasteiger partial charge is 0.480 e. The number of carboxylic acid groups (broad SMARTS) is 1. The average Bonchev–Trinajstić information content (AvgIpc) is 2.59. The summed E-state index contributed by atoms with van der Waals surface area (Å²) in [5.74, 6) is -0.929. The Kier molecular flexibility index (Phi) is 2.44. The molecule has 1 atom stereocenters. The maximum atomic E-state index is 10.8. The second kappa shape index (κ2) is 3.62. The van der Waals surface area contributed by atoms with Gasteiger partial charge in [0.05, 0.1) is 5.52 Å². The topological polar surface area (TPSA) is 68.0 Å². The summed E-state index contributed by atoms with van der Waals surface area (Å²) in [6, 6.07) is 4.71. The summed E-state index contributed by atoms with van der Waals surface area (Å²) in [7, 11) is 0. The number of halogens is 1. The summed E-state index contributed by atoms with van der Waals surface area (Å²) in [6.07, 6.45) is 0. The van der Waals surface area contributed by atoms with Gasteiger partial charge in [-0.3, -0.25) is 0 Å². The lowest BCUT2D eigenvalue weighted by Crippen LogP contribution is -2.16. The number of benzene rings is 1. The SMILES string of the molecule is CC(C(=O)O)n1nnc2ccc(Br)cc21. The van der Waals surface area contributed by atoms with Gasteiger partial charge in [-0.05, 0) is 25.1 Å². The fraction of sp³-hybridized carbons (Fsp3) is 0.222. The van der Waals surface area contributed by atoms with Gasteiger partial charge >= 0.3 is 5.97 Å². The first kappa shape index (κ1) is 10.1. The number of carbonyl (C=O) groups is 1. The summed E-state index contributed by atoms with van der Waals surface area (Å²) < 4.78 is 2.26. The van der Waals surface area contributed by atoms with E-state index >= 15 is 0 Å². The van der Waals surface area contributed by atoms with Crippen LogP contribution in [0.25, 0.3) is 11.0 Å². The molecule has 0 aliphatic heterocycles. The van der Waals surface area contributed by atoms with Crippen LogP contribution in [-0.4, -0.2) is 26.1 Å². The van der Waals surface area contributed by atoms with Gasteiger partial charge in [0.25, 0.3) is 0 Å². The van der Waals surface area contributed by atoms with Crippen molar-refractivity contribution in [2.75, 3.05) is 0 Å². The smallest absolute Gasteiger partial charge is 0.328 e. The summed E-state index contributed by atoms with van der Waals surface area (Å²) in [4.78, 5) is 10.8. The van der Waals surface area contributed by atoms with Crippen molar-refractivity contribution < 1.29 is 9.90 Å². The Morgan fingerprint density at radius 1 is 1.60 bits per heavy atom. The number of aromatic nitrogens is 3. The van der Waals surface area contributed by atoms with Gasteiger partial charge in [0, 0.05) is 4.47 Å². The van der Waals surface area contributed by atoms with Crippen molar-refractivity contribution in [3.8, 4) is 0 Å². The van der Waals surface area contributed by atoms with Crippen LogP contribution in [0.2, 0.25) is 0 Å². The number of aliphatic carboxylic acids is 1. The number of nitrogens with zero attached hydrogens (tertiary/aromatic N) is 3. The van der Waals surface area contributed by atoms with Crippen molar-refractivity contribution in [3.05, 3.63) is 22.7 Å². The van der Waals surface area contributed by atoms with E-state index in [1.54, 1.807) is 19.1 Å². The highest BCUT2D eigenvalue weighted by molar-refractivity contribution is 9.10. The van der Waals surface area contributed by atoms with E-state index in [0.717, 1.165) is 4.47 Å². The van der Waals surface area contributed by atoms with Crippen molar-refractivity contribution in [3.63, 3.8) is 0 Å². The predicted octanol–water partition coefficient (Wildman–Crippen LogP) is 1.84. The number of hydrogen-bond acceptors (Lipinski definition) is 3.